The van der Waals surface area contributed by atoms with E-state index in [1.165, 1.54) is 25.9 Å². The molecule has 2 atom stereocenters. The van der Waals surface area contributed by atoms with Crippen LogP contribution in [0.5, 0.6) is 0 Å². The number of hydrogen-bond acceptors (Lipinski definition) is 1. The van der Waals surface area contributed by atoms with Gasteiger partial charge in [0.2, 0.25) is 0 Å². The Hall–Kier alpha value is -0.0400. The largest absolute Gasteiger partial charge is 0.300 e. The maximum absolute atomic E-state index is 2.64. The van der Waals surface area contributed by atoms with Crippen molar-refractivity contribution in [3.63, 3.8) is 0 Å². The average Bonchev–Trinajstić information content (AvgIpc) is 2.46. The van der Waals surface area contributed by atoms with Gasteiger partial charge in [-0.2, -0.15) is 0 Å². The summed E-state index contributed by atoms with van der Waals surface area (Å²) in [7, 11) is 0. The van der Waals surface area contributed by atoms with Gasteiger partial charge in [0.1, 0.15) is 0 Å². The van der Waals surface area contributed by atoms with E-state index >= 15 is 0 Å². The summed E-state index contributed by atoms with van der Waals surface area (Å²) in [5.41, 5.74) is 0. The highest BCUT2D eigenvalue weighted by atomic mass is 15.2. The molecule has 0 aromatic heterocycles. The zero-order valence-electron chi connectivity index (χ0n) is 9.01. The van der Waals surface area contributed by atoms with Gasteiger partial charge < -0.3 is 4.90 Å². The van der Waals surface area contributed by atoms with Crippen LogP contribution < -0.4 is 0 Å². The molecule has 0 bridgehead atoms. The maximum atomic E-state index is 2.64. The lowest BCUT2D eigenvalue weighted by Gasteiger charge is -2.20. The molecule has 1 heterocycles. The fraction of sp³-hybridized carbons (Fsp3) is 1.00. The molecular formula is C11H23N. The monoisotopic (exact) mass is 169 g/mol. The quantitative estimate of drug-likeness (QED) is 0.628. The fourth-order valence-corrected chi connectivity index (χ4v) is 2.32. The maximum Gasteiger partial charge on any atom is 0.00958 e. The van der Waals surface area contributed by atoms with Gasteiger partial charge in [0.05, 0.1) is 0 Å². The Morgan fingerprint density at radius 2 is 2.00 bits per heavy atom. The Balaban J connectivity index is 2.47. The Kier molecular flexibility index (Phi) is 3.57. The van der Waals surface area contributed by atoms with Crippen LogP contribution in [0.4, 0.5) is 0 Å². The molecule has 0 amide bonds. The highest BCUT2D eigenvalue weighted by Crippen LogP contribution is 2.29. The molecule has 12 heavy (non-hydrogen) atoms. The van der Waals surface area contributed by atoms with Gasteiger partial charge in [-0.1, -0.05) is 27.7 Å². The molecule has 0 aliphatic carbocycles. The predicted molar refractivity (Wildman–Crippen MR) is 54.3 cm³/mol. The summed E-state index contributed by atoms with van der Waals surface area (Å²) in [6, 6.07) is 0.877. The topological polar surface area (TPSA) is 3.24 Å². The van der Waals surface area contributed by atoms with Crippen LogP contribution in [0.3, 0.4) is 0 Å². The number of rotatable bonds is 3. The Bertz CT molecular complexity index is 119. The molecule has 0 N–H and O–H groups in total. The summed E-state index contributed by atoms with van der Waals surface area (Å²) in [5.74, 6) is 1.82. The summed E-state index contributed by atoms with van der Waals surface area (Å²) >= 11 is 0. The SMILES string of the molecule is CC[C@@H]1C[C@H](C(C)C)CN1CC. The zero-order chi connectivity index (χ0) is 9.14. The number of nitrogens with zero attached hydrogens (tertiary/aromatic N) is 1. The van der Waals surface area contributed by atoms with E-state index in [9.17, 15) is 0 Å². The molecule has 1 heteroatoms. The van der Waals surface area contributed by atoms with Crippen LogP contribution in [0.15, 0.2) is 0 Å². The average molecular weight is 169 g/mol. The minimum absolute atomic E-state index is 0.871. The van der Waals surface area contributed by atoms with Crippen LogP contribution in [0.25, 0.3) is 0 Å². The first kappa shape index (κ1) is 10.0. The highest BCUT2D eigenvalue weighted by Gasteiger charge is 2.30. The van der Waals surface area contributed by atoms with Crippen molar-refractivity contribution in [3.05, 3.63) is 0 Å². The molecular weight excluding hydrogens is 146 g/mol. The lowest BCUT2D eigenvalue weighted by Crippen LogP contribution is -2.28. The molecule has 1 nitrogen and oxygen atoms in total. The van der Waals surface area contributed by atoms with Crippen LogP contribution >= 0.6 is 0 Å². The predicted octanol–water partition coefficient (Wildman–Crippen LogP) is 2.76. The van der Waals surface area contributed by atoms with Crippen LogP contribution in [-0.2, 0) is 0 Å². The molecule has 1 aliphatic heterocycles. The second-order valence-corrected chi connectivity index (χ2v) is 4.39. The molecule has 0 unspecified atom stereocenters. The van der Waals surface area contributed by atoms with Crippen molar-refractivity contribution in [2.45, 2.75) is 46.6 Å². The van der Waals surface area contributed by atoms with Gasteiger partial charge in [-0.3, -0.25) is 0 Å². The third-order valence-electron chi connectivity index (χ3n) is 3.38. The highest BCUT2D eigenvalue weighted by molar-refractivity contribution is 4.84. The van der Waals surface area contributed by atoms with Crippen molar-refractivity contribution >= 4 is 0 Å². The molecule has 0 aromatic carbocycles. The summed E-state index contributed by atoms with van der Waals surface area (Å²) < 4.78 is 0. The Morgan fingerprint density at radius 1 is 1.33 bits per heavy atom. The second-order valence-electron chi connectivity index (χ2n) is 4.39. The van der Waals surface area contributed by atoms with E-state index in [0.29, 0.717) is 0 Å². The third kappa shape index (κ3) is 2.01. The summed E-state index contributed by atoms with van der Waals surface area (Å²) in [5, 5.41) is 0. The van der Waals surface area contributed by atoms with E-state index in [-0.39, 0.29) is 0 Å². The van der Waals surface area contributed by atoms with Crippen molar-refractivity contribution < 1.29 is 0 Å². The first-order valence-corrected chi connectivity index (χ1v) is 5.43. The van der Waals surface area contributed by atoms with Crippen LogP contribution in [-0.4, -0.2) is 24.0 Å². The van der Waals surface area contributed by atoms with Crippen molar-refractivity contribution in [1.29, 1.82) is 0 Å². The van der Waals surface area contributed by atoms with E-state index in [4.69, 9.17) is 0 Å². The minimum atomic E-state index is 0.871. The molecule has 72 valence electrons. The summed E-state index contributed by atoms with van der Waals surface area (Å²) in [6.07, 6.45) is 2.76. The van der Waals surface area contributed by atoms with Gasteiger partial charge in [-0.15, -0.1) is 0 Å². The Morgan fingerprint density at radius 3 is 2.33 bits per heavy atom. The molecule has 0 radical (unpaired) electrons. The fourth-order valence-electron chi connectivity index (χ4n) is 2.32. The van der Waals surface area contributed by atoms with E-state index in [1.54, 1.807) is 0 Å². The lowest BCUT2D eigenvalue weighted by atomic mass is 9.93. The second kappa shape index (κ2) is 4.27. The number of hydrogen-bond donors (Lipinski definition) is 0. The third-order valence-corrected chi connectivity index (χ3v) is 3.38. The van der Waals surface area contributed by atoms with Crippen molar-refractivity contribution in [2.24, 2.45) is 11.8 Å². The van der Waals surface area contributed by atoms with Crippen molar-refractivity contribution in [3.8, 4) is 0 Å². The molecule has 0 aromatic rings. The van der Waals surface area contributed by atoms with Gasteiger partial charge >= 0.3 is 0 Å². The van der Waals surface area contributed by atoms with Crippen LogP contribution in [0, 0.1) is 11.8 Å². The van der Waals surface area contributed by atoms with Gasteiger partial charge in [0.25, 0.3) is 0 Å². The standard InChI is InChI=1S/C11H23N/c1-5-11-7-10(9(3)4)8-12(11)6-2/h9-11H,5-8H2,1-4H3/t10-,11+/m0/s1. The first-order chi connectivity index (χ1) is 5.69. The molecule has 1 saturated heterocycles. The zero-order valence-corrected chi connectivity index (χ0v) is 9.01. The van der Waals surface area contributed by atoms with E-state index in [2.05, 4.69) is 32.6 Å². The Labute approximate surface area is 77.1 Å². The normalized spacial score (nSPS) is 31.8. The van der Waals surface area contributed by atoms with Crippen molar-refractivity contribution in [2.75, 3.05) is 13.1 Å². The molecule has 0 spiro atoms. The van der Waals surface area contributed by atoms with Gasteiger partial charge in [-0.05, 0) is 31.2 Å². The van der Waals surface area contributed by atoms with E-state index in [0.717, 1.165) is 17.9 Å². The summed E-state index contributed by atoms with van der Waals surface area (Å²) in [6.45, 7) is 11.9. The molecule has 1 fully saturated rings. The van der Waals surface area contributed by atoms with Gasteiger partial charge in [0, 0.05) is 12.6 Å². The molecule has 1 rings (SSSR count). The van der Waals surface area contributed by atoms with E-state index in [1.807, 2.05) is 0 Å². The smallest absolute Gasteiger partial charge is 0.00958 e. The summed E-state index contributed by atoms with van der Waals surface area (Å²) in [4.78, 5) is 2.64. The molecule has 1 aliphatic rings. The number of likely N-dealkylation sites (tertiary alicyclic amines) is 1. The van der Waals surface area contributed by atoms with Gasteiger partial charge in [-0.25, -0.2) is 0 Å². The first-order valence-electron chi connectivity index (χ1n) is 5.43. The minimum Gasteiger partial charge on any atom is -0.300 e. The van der Waals surface area contributed by atoms with E-state index < -0.39 is 0 Å². The van der Waals surface area contributed by atoms with Crippen LogP contribution in [0.2, 0.25) is 0 Å². The van der Waals surface area contributed by atoms with Gasteiger partial charge in [0.15, 0.2) is 0 Å². The van der Waals surface area contributed by atoms with Crippen molar-refractivity contribution in [1.82, 2.24) is 4.90 Å². The molecule has 0 saturated carbocycles. The van der Waals surface area contributed by atoms with Crippen LogP contribution in [0.1, 0.15) is 40.5 Å². The lowest BCUT2D eigenvalue weighted by molar-refractivity contribution is 0.254.